The van der Waals surface area contributed by atoms with Crippen LogP contribution in [-0.4, -0.2) is 30.4 Å². The van der Waals surface area contributed by atoms with Crippen LogP contribution < -0.4 is 15.5 Å². The summed E-state index contributed by atoms with van der Waals surface area (Å²) in [4.78, 5) is 12.3. The molecule has 0 radical (unpaired) electrons. The molecule has 0 aliphatic rings. The number of aromatic hydroxyl groups is 1. The molecule has 1 atom stereocenters. The number of anilines is 1. The van der Waals surface area contributed by atoms with Crippen molar-refractivity contribution < 1.29 is 14.6 Å². The molecule has 132 valence electrons. The molecule has 3 N–H and O–H groups in total. The van der Waals surface area contributed by atoms with E-state index in [0.29, 0.717) is 17.7 Å². The Bertz CT molecular complexity index is 748. The number of nitrogens with one attached hydrogen (secondary N) is 2. The molecule has 0 aliphatic heterocycles. The van der Waals surface area contributed by atoms with E-state index in [1.807, 2.05) is 31.2 Å². The molecule has 1 amide bonds. The van der Waals surface area contributed by atoms with Gasteiger partial charge in [-0.25, -0.2) is 5.43 Å². The summed E-state index contributed by atoms with van der Waals surface area (Å²) in [5.74, 6) is 0.386. The molecule has 0 saturated heterocycles. The lowest BCUT2D eigenvalue weighted by atomic mass is 10.2. The summed E-state index contributed by atoms with van der Waals surface area (Å²) >= 11 is 3.37. The number of carbonyl (C=O) groups excluding carboxylic acids is 1. The lowest BCUT2D eigenvalue weighted by molar-refractivity contribution is -0.121. The number of hydrogen-bond donors (Lipinski definition) is 3. The molecule has 7 heteroatoms. The molecular formula is C18H20BrN3O3. The van der Waals surface area contributed by atoms with E-state index >= 15 is 0 Å². The number of amides is 1. The maximum atomic E-state index is 12.3. The third-order valence-corrected chi connectivity index (χ3v) is 4.05. The van der Waals surface area contributed by atoms with Crippen molar-refractivity contribution >= 4 is 33.7 Å². The van der Waals surface area contributed by atoms with Crippen molar-refractivity contribution in [2.75, 3.05) is 12.4 Å². The van der Waals surface area contributed by atoms with Crippen LogP contribution in [0.3, 0.4) is 0 Å². The average molecular weight is 406 g/mol. The van der Waals surface area contributed by atoms with Gasteiger partial charge in [0.25, 0.3) is 5.91 Å². The fraction of sp³-hybridized carbons (Fsp3) is 0.222. The van der Waals surface area contributed by atoms with Crippen LogP contribution in [-0.2, 0) is 4.79 Å². The van der Waals surface area contributed by atoms with Crippen molar-refractivity contribution in [2.24, 2.45) is 5.10 Å². The minimum Gasteiger partial charge on any atom is -0.507 e. The monoisotopic (exact) mass is 405 g/mol. The van der Waals surface area contributed by atoms with E-state index in [1.54, 1.807) is 12.1 Å². The first kappa shape index (κ1) is 18.8. The van der Waals surface area contributed by atoms with E-state index in [2.05, 4.69) is 31.8 Å². The highest BCUT2D eigenvalue weighted by Crippen LogP contribution is 2.21. The van der Waals surface area contributed by atoms with Gasteiger partial charge < -0.3 is 15.2 Å². The zero-order valence-electron chi connectivity index (χ0n) is 14.0. The Morgan fingerprint density at radius 2 is 2.04 bits per heavy atom. The highest BCUT2D eigenvalue weighted by Gasteiger charge is 2.15. The van der Waals surface area contributed by atoms with Crippen LogP contribution in [0, 0.1) is 0 Å². The van der Waals surface area contributed by atoms with Crippen molar-refractivity contribution in [1.29, 1.82) is 0 Å². The highest BCUT2D eigenvalue weighted by atomic mass is 79.9. The molecule has 0 fully saturated rings. The molecule has 6 nitrogen and oxygen atoms in total. The first-order valence-electron chi connectivity index (χ1n) is 7.75. The van der Waals surface area contributed by atoms with Gasteiger partial charge in [-0.3, -0.25) is 4.79 Å². The van der Waals surface area contributed by atoms with Gasteiger partial charge >= 0.3 is 0 Å². The molecule has 0 bridgehead atoms. The summed E-state index contributed by atoms with van der Waals surface area (Å²) in [7, 11) is 1.54. The minimum absolute atomic E-state index is 0.0545. The van der Waals surface area contributed by atoms with Gasteiger partial charge in [0.15, 0.2) is 0 Å². The zero-order valence-corrected chi connectivity index (χ0v) is 15.6. The summed E-state index contributed by atoms with van der Waals surface area (Å²) in [6, 6.07) is 11.9. The normalized spacial score (nSPS) is 12.0. The molecule has 0 unspecified atom stereocenters. The highest BCUT2D eigenvalue weighted by molar-refractivity contribution is 9.10. The van der Waals surface area contributed by atoms with Crippen molar-refractivity contribution in [2.45, 2.75) is 19.4 Å². The standard InChI is InChI=1S/C18H20BrN3O3/c1-3-16(21-14-6-4-13(19)5-7-14)18(24)22-20-11-12-10-15(25-2)8-9-17(12)23/h4-11,16,21,23H,3H2,1-2H3,(H,22,24)/b20-11+/t16-/m1/s1. The van der Waals surface area contributed by atoms with Gasteiger partial charge in [-0.1, -0.05) is 22.9 Å². The fourth-order valence-electron chi connectivity index (χ4n) is 2.11. The maximum Gasteiger partial charge on any atom is 0.262 e. The van der Waals surface area contributed by atoms with E-state index in [4.69, 9.17) is 4.74 Å². The largest absolute Gasteiger partial charge is 0.507 e. The Morgan fingerprint density at radius 1 is 1.32 bits per heavy atom. The van der Waals surface area contributed by atoms with Crippen LogP contribution in [0.4, 0.5) is 5.69 Å². The number of methoxy groups -OCH3 is 1. The van der Waals surface area contributed by atoms with Gasteiger partial charge in [0.1, 0.15) is 17.5 Å². The molecule has 25 heavy (non-hydrogen) atoms. The van der Waals surface area contributed by atoms with Crippen molar-refractivity contribution in [3.05, 3.63) is 52.5 Å². The van der Waals surface area contributed by atoms with Gasteiger partial charge in [-0.2, -0.15) is 5.10 Å². The van der Waals surface area contributed by atoms with E-state index in [0.717, 1.165) is 10.2 Å². The van der Waals surface area contributed by atoms with Crippen LogP contribution in [0.1, 0.15) is 18.9 Å². The minimum atomic E-state index is -0.419. The Labute approximate surface area is 155 Å². The lowest BCUT2D eigenvalue weighted by Gasteiger charge is -2.16. The predicted molar refractivity (Wildman–Crippen MR) is 102 cm³/mol. The van der Waals surface area contributed by atoms with Gasteiger partial charge in [0.05, 0.1) is 13.3 Å². The Balaban J connectivity index is 1.98. The van der Waals surface area contributed by atoms with E-state index in [1.165, 1.54) is 19.4 Å². The number of benzene rings is 2. The Morgan fingerprint density at radius 3 is 2.68 bits per heavy atom. The lowest BCUT2D eigenvalue weighted by Crippen LogP contribution is -2.36. The summed E-state index contributed by atoms with van der Waals surface area (Å²) in [5.41, 5.74) is 3.78. The summed E-state index contributed by atoms with van der Waals surface area (Å²) in [5, 5.41) is 16.9. The number of ether oxygens (including phenoxy) is 1. The number of halogens is 1. The van der Waals surface area contributed by atoms with Crippen molar-refractivity contribution in [3.8, 4) is 11.5 Å². The van der Waals surface area contributed by atoms with Crippen LogP contribution in [0.25, 0.3) is 0 Å². The fourth-order valence-corrected chi connectivity index (χ4v) is 2.37. The number of nitrogens with zero attached hydrogens (tertiary/aromatic N) is 1. The number of phenols is 1. The predicted octanol–water partition coefficient (Wildman–Crippen LogP) is 3.50. The number of hydrazone groups is 1. The van der Waals surface area contributed by atoms with Crippen LogP contribution in [0.2, 0.25) is 0 Å². The molecular weight excluding hydrogens is 386 g/mol. The van der Waals surface area contributed by atoms with Crippen molar-refractivity contribution in [1.82, 2.24) is 5.43 Å². The van der Waals surface area contributed by atoms with Gasteiger partial charge in [0.2, 0.25) is 0 Å². The molecule has 0 heterocycles. The zero-order chi connectivity index (χ0) is 18.2. The molecule has 2 rings (SSSR count). The Kier molecular flexibility index (Phi) is 6.82. The number of hydrogen-bond acceptors (Lipinski definition) is 5. The van der Waals surface area contributed by atoms with E-state index in [-0.39, 0.29) is 11.7 Å². The van der Waals surface area contributed by atoms with Crippen LogP contribution in [0.15, 0.2) is 52.0 Å². The first-order chi connectivity index (χ1) is 12.0. The second kappa shape index (κ2) is 9.08. The summed E-state index contributed by atoms with van der Waals surface area (Å²) in [6.07, 6.45) is 1.98. The maximum absolute atomic E-state index is 12.3. The molecule has 2 aromatic rings. The van der Waals surface area contributed by atoms with Crippen molar-refractivity contribution in [3.63, 3.8) is 0 Å². The van der Waals surface area contributed by atoms with Gasteiger partial charge in [-0.05, 0) is 48.9 Å². The molecule has 0 aromatic heterocycles. The topological polar surface area (TPSA) is 83.0 Å². The quantitative estimate of drug-likeness (QED) is 0.486. The number of phenolic OH excluding ortho intramolecular Hbond substituents is 1. The number of rotatable bonds is 7. The van der Waals surface area contributed by atoms with E-state index in [9.17, 15) is 9.90 Å². The number of carbonyl (C=O) groups is 1. The second-order valence-electron chi connectivity index (χ2n) is 5.27. The average Bonchev–Trinajstić information content (AvgIpc) is 2.62. The first-order valence-corrected chi connectivity index (χ1v) is 8.54. The molecule has 0 saturated carbocycles. The summed E-state index contributed by atoms with van der Waals surface area (Å²) < 4.78 is 6.06. The smallest absolute Gasteiger partial charge is 0.262 e. The van der Waals surface area contributed by atoms with Gasteiger partial charge in [-0.15, -0.1) is 0 Å². The summed E-state index contributed by atoms with van der Waals surface area (Å²) in [6.45, 7) is 1.91. The SMILES string of the molecule is CC[C@@H](Nc1ccc(Br)cc1)C(=O)N/N=C/c1cc(OC)ccc1O. The third-order valence-electron chi connectivity index (χ3n) is 3.52. The molecule has 0 aliphatic carbocycles. The third kappa shape index (κ3) is 5.49. The van der Waals surface area contributed by atoms with E-state index < -0.39 is 6.04 Å². The van der Waals surface area contributed by atoms with Gasteiger partial charge in [0, 0.05) is 15.7 Å². The molecule has 0 spiro atoms. The van der Waals surface area contributed by atoms with Crippen LogP contribution >= 0.6 is 15.9 Å². The molecule has 2 aromatic carbocycles. The Hall–Kier alpha value is -2.54. The van der Waals surface area contributed by atoms with Crippen LogP contribution in [0.5, 0.6) is 11.5 Å². The second-order valence-corrected chi connectivity index (χ2v) is 6.19.